The Hall–Kier alpha value is -5.86. The van der Waals surface area contributed by atoms with E-state index in [1.807, 2.05) is 0 Å². The first-order chi connectivity index (χ1) is 22.3. The van der Waals surface area contributed by atoms with Gasteiger partial charge in [0.2, 0.25) is 0 Å². The van der Waals surface area contributed by atoms with Gasteiger partial charge in [0, 0.05) is 11.8 Å². The quantitative estimate of drug-likeness (QED) is 0.210. The highest BCUT2D eigenvalue weighted by Crippen LogP contribution is 2.44. The Labute approximate surface area is 262 Å². The molecule has 7 aromatic carbocycles. The Morgan fingerprint density at radius 1 is 0.444 bits per heavy atom. The average Bonchev–Trinajstić information content (AvgIpc) is 3.50. The van der Waals surface area contributed by atoms with Crippen LogP contribution >= 0.6 is 0 Å². The van der Waals surface area contributed by atoms with E-state index in [1.54, 1.807) is 0 Å². The van der Waals surface area contributed by atoms with Gasteiger partial charge in [0.05, 0.1) is 11.4 Å². The summed E-state index contributed by atoms with van der Waals surface area (Å²) in [6.07, 6.45) is 8.69. The molecule has 0 bridgehead atoms. The summed E-state index contributed by atoms with van der Waals surface area (Å²) in [5.74, 6) is 0. The number of nitrogens with one attached hydrogen (secondary N) is 1. The van der Waals surface area contributed by atoms with Crippen LogP contribution in [0.25, 0.3) is 66.0 Å². The Kier molecular flexibility index (Phi) is 5.92. The molecule has 0 fully saturated rings. The minimum absolute atomic E-state index is 0.107. The van der Waals surface area contributed by atoms with E-state index in [2.05, 4.69) is 180 Å². The molecule has 2 aliphatic rings. The number of hydrogen-bond donors (Lipinski definition) is 1. The lowest BCUT2D eigenvalue weighted by Crippen LogP contribution is -2.32. The van der Waals surface area contributed by atoms with Crippen LogP contribution in [0.5, 0.6) is 0 Å². The van der Waals surface area contributed by atoms with Crippen molar-refractivity contribution in [1.29, 1.82) is 0 Å². The Morgan fingerprint density at radius 3 is 1.69 bits per heavy atom. The standard InChI is InChI=1S/C43H30N2/c1-2-13-32(14-3-1)43-42(44-39-20-10-11-27-45(39)43)31-24-22-30(23-25-31)40-35-16-6-8-18-37(35)41(38-19-9-7-17-36(38)40)34-26-21-29-12-4-5-15-33(29)28-34/h1-28,39,44H. The molecule has 1 atom stereocenters. The molecular weight excluding hydrogens is 544 g/mol. The highest BCUT2D eigenvalue weighted by molar-refractivity contribution is 6.21. The van der Waals surface area contributed by atoms with Gasteiger partial charge in [0.25, 0.3) is 0 Å². The van der Waals surface area contributed by atoms with Crippen LogP contribution in [0, 0.1) is 0 Å². The first-order valence-electron chi connectivity index (χ1n) is 15.6. The molecule has 7 aromatic rings. The Morgan fingerprint density at radius 2 is 1.00 bits per heavy atom. The zero-order chi connectivity index (χ0) is 29.7. The molecule has 0 amide bonds. The minimum Gasteiger partial charge on any atom is -0.359 e. The zero-order valence-corrected chi connectivity index (χ0v) is 24.7. The fourth-order valence-corrected chi connectivity index (χ4v) is 7.18. The first kappa shape index (κ1) is 25.6. The van der Waals surface area contributed by atoms with Crippen molar-refractivity contribution in [2.45, 2.75) is 6.17 Å². The van der Waals surface area contributed by atoms with Gasteiger partial charge >= 0.3 is 0 Å². The van der Waals surface area contributed by atoms with E-state index >= 15 is 0 Å². The zero-order valence-electron chi connectivity index (χ0n) is 24.7. The predicted molar refractivity (Wildman–Crippen MR) is 190 cm³/mol. The maximum atomic E-state index is 3.78. The van der Waals surface area contributed by atoms with Crippen LogP contribution in [0.3, 0.4) is 0 Å². The maximum absolute atomic E-state index is 3.78. The minimum atomic E-state index is 0.107. The summed E-state index contributed by atoms with van der Waals surface area (Å²) in [5.41, 5.74) is 9.75. The number of benzene rings is 7. The van der Waals surface area contributed by atoms with Crippen LogP contribution in [0.4, 0.5) is 0 Å². The lowest BCUT2D eigenvalue weighted by molar-refractivity contribution is 0.443. The van der Waals surface area contributed by atoms with Crippen molar-refractivity contribution in [2.75, 3.05) is 0 Å². The predicted octanol–water partition coefficient (Wildman–Crippen LogP) is 10.6. The second-order valence-corrected chi connectivity index (χ2v) is 11.8. The smallest absolute Gasteiger partial charge is 0.123 e. The summed E-state index contributed by atoms with van der Waals surface area (Å²) >= 11 is 0. The van der Waals surface area contributed by atoms with Crippen molar-refractivity contribution < 1.29 is 0 Å². The van der Waals surface area contributed by atoms with E-state index in [4.69, 9.17) is 0 Å². The number of rotatable bonds is 4. The lowest BCUT2D eigenvalue weighted by Gasteiger charge is -2.25. The second kappa shape index (κ2) is 10.4. The molecular formula is C43H30N2. The van der Waals surface area contributed by atoms with Gasteiger partial charge in [-0.15, -0.1) is 0 Å². The topological polar surface area (TPSA) is 15.3 Å². The first-order valence-corrected chi connectivity index (χ1v) is 15.6. The van der Waals surface area contributed by atoms with Crippen LogP contribution in [0.2, 0.25) is 0 Å². The van der Waals surface area contributed by atoms with Gasteiger partial charge in [-0.05, 0) is 78.4 Å². The molecule has 2 heteroatoms. The molecule has 212 valence electrons. The van der Waals surface area contributed by atoms with Crippen LogP contribution in [0.1, 0.15) is 11.1 Å². The average molecular weight is 575 g/mol. The van der Waals surface area contributed by atoms with Gasteiger partial charge in [-0.2, -0.15) is 0 Å². The molecule has 0 spiro atoms. The molecule has 1 unspecified atom stereocenters. The lowest BCUT2D eigenvalue weighted by atomic mass is 9.85. The normalized spacial score (nSPS) is 15.6. The SMILES string of the molecule is C1=CC2NC(c3ccc(-c4c5ccccc5c(-c5ccc6ccccc6c5)c5ccccc45)cc3)=C(c3ccccc3)N2C=C1. The molecule has 2 nitrogen and oxygen atoms in total. The summed E-state index contributed by atoms with van der Waals surface area (Å²) in [6, 6.07) is 53.0. The maximum Gasteiger partial charge on any atom is 0.123 e. The van der Waals surface area contributed by atoms with Crippen LogP contribution in [0.15, 0.2) is 170 Å². The molecule has 0 aromatic heterocycles. The second-order valence-electron chi connectivity index (χ2n) is 11.8. The van der Waals surface area contributed by atoms with Crippen molar-refractivity contribution in [3.05, 3.63) is 181 Å². The van der Waals surface area contributed by atoms with Crippen LogP contribution < -0.4 is 5.32 Å². The van der Waals surface area contributed by atoms with E-state index in [-0.39, 0.29) is 6.17 Å². The Bertz CT molecular complexity index is 2290. The van der Waals surface area contributed by atoms with Gasteiger partial charge in [-0.1, -0.05) is 146 Å². The van der Waals surface area contributed by atoms with Crippen molar-refractivity contribution in [3.8, 4) is 22.3 Å². The number of nitrogens with zero attached hydrogens (tertiary/aromatic N) is 1. The van der Waals surface area contributed by atoms with Gasteiger partial charge in [0.15, 0.2) is 0 Å². The third-order valence-electron chi connectivity index (χ3n) is 9.22. The van der Waals surface area contributed by atoms with Crippen molar-refractivity contribution in [2.24, 2.45) is 0 Å². The summed E-state index contributed by atoms with van der Waals surface area (Å²) in [5, 5.41) is 11.4. The molecule has 2 aliphatic heterocycles. The monoisotopic (exact) mass is 574 g/mol. The fraction of sp³-hybridized carbons (Fsp3) is 0.0233. The summed E-state index contributed by atoms with van der Waals surface area (Å²) in [6.45, 7) is 0. The molecule has 0 aliphatic carbocycles. The molecule has 1 N–H and O–H groups in total. The third kappa shape index (κ3) is 4.18. The van der Waals surface area contributed by atoms with E-state index < -0.39 is 0 Å². The van der Waals surface area contributed by atoms with Crippen molar-refractivity contribution in [3.63, 3.8) is 0 Å². The number of fused-ring (bicyclic) bond motifs is 4. The number of allylic oxidation sites excluding steroid dienone is 2. The fourth-order valence-electron chi connectivity index (χ4n) is 7.18. The van der Waals surface area contributed by atoms with Gasteiger partial charge < -0.3 is 10.2 Å². The van der Waals surface area contributed by atoms with Gasteiger partial charge in [-0.25, -0.2) is 0 Å². The third-order valence-corrected chi connectivity index (χ3v) is 9.22. The largest absolute Gasteiger partial charge is 0.359 e. The van der Waals surface area contributed by atoms with E-state index in [9.17, 15) is 0 Å². The summed E-state index contributed by atoms with van der Waals surface area (Å²) < 4.78 is 0. The van der Waals surface area contributed by atoms with Crippen LogP contribution in [-0.2, 0) is 0 Å². The molecule has 0 radical (unpaired) electrons. The molecule has 0 saturated carbocycles. The van der Waals surface area contributed by atoms with Gasteiger partial charge in [-0.3, -0.25) is 0 Å². The molecule has 0 saturated heterocycles. The van der Waals surface area contributed by atoms with Gasteiger partial charge in [0.1, 0.15) is 6.17 Å². The number of hydrogen-bond acceptors (Lipinski definition) is 2. The Balaban J connectivity index is 1.22. The summed E-state index contributed by atoms with van der Waals surface area (Å²) in [4.78, 5) is 2.32. The van der Waals surface area contributed by atoms with E-state index in [1.165, 1.54) is 71.4 Å². The van der Waals surface area contributed by atoms with Crippen molar-refractivity contribution >= 4 is 43.7 Å². The highest BCUT2D eigenvalue weighted by Gasteiger charge is 2.31. The molecule has 45 heavy (non-hydrogen) atoms. The van der Waals surface area contributed by atoms with Crippen molar-refractivity contribution in [1.82, 2.24) is 10.2 Å². The highest BCUT2D eigenvalue weighted by atomic mass is 15.3. The molecule has 9 rings (SSSR count). The van der Waals surface area contributed by atoms with E-state index in [0.29, 0.717) is 0 Å². The van der Waals surface area contributed by atoms with E-state index in [0.717, 1.165) is 5.70 Å². The van der Waals surface area contributed by atoms with Crippen LogP contribution in [-0.4, -0.2) is 11.1 Å². The summed E-state index contributed by atoms with van der Waals surface area (Å²) in [7, 11) is 0. The molecule has 2 heterocycles.